The number of fused-ring (bicyclic) bond motifs is 2. The molecule has 1 aromatic rings. The Balaban J connectivity index is 1.65. The highest BCUT2D eigenvalue weighted by Gasteiger charge is 2.47. The highest BCUT2D eigenvalue weighted by atomic mass is 32.2. The first-order valence-corrected chi connectivity index (χ1v) is 10.5. The Bertz CT molecular complexity index is 780. The highest BCUT2D eigenvalue weighted by Crippen LogP contribution is 2.40. The number of nitrogens with zero attached hydrogens (tertiary/aromatic N) is 2. The van der Waals surface area contributed by atoms with Crippen LogP contribution in [0.2, 0.25) is 0 Å². The third-order valence-corrected chi connectivity index (χ3v) is 6.89. The van der Waals surface area contributed by atoms with Gasteiger partial charge < -0.3 is 19.1 Å². The number of rotatable bonds is 4. The van der Waals surface area contributed by atoms with Gasteiger partial charge in [0, 0.05) is 24.6 Å². The van der Waals surface area contributed by atoms with Crippen molar-refractivity contribution in [2.45, 2.75) is 12.1 Å². The summed E-state index contributed by atoms with van der Waals surface area (Å²) in [5, 5.41) is 0.843. The van der Waals surface area contributed by atoms with E-state index in [9.17, 15) is 8.42 Å². The summed E-state index contributed by atoms with van der Waals surface area (Å²) in [5.41, 5.74) is 0.882. The number of thioether (sulfide) groups is 1. The lowest BCUT2D eigenvalue weighted by Gasteiger charge is -2.26. The summed E-state index contributed by atoms with van der Waals surface area (Å²) in [7, 11) is -1.38. The van der Waals surface area contributed by atoms with Gasteiger partial charge in [-0.25, -0.2) is 8.42 Å². The number of amidine groups is 1. The van der Waals surface area contributed by atoms with E-state index in [0.29, 0.717) is 18.1 Å². The van der Waals surface area contributed by atoms with Gasteiger partial charge in [0.1, 0.15) is 0 Å². The van der Waals surface area contributed by atoms with Crippen LogP contribution >= 0.6 is 11.8 Å². The average Bonchev–Trinajstić information content (AvgIpc) is 3.18. The summed E-state index contributed by atoms with van der Waals surface area (Å²) < 4.78 is 39.9. The number of hydrogen-bond donors (Lipinski definition) is 0. The van der Waals surface area contributed by atoms with Crippen LogP contribution in [0.1, 0.15) is 0 Å². The second-order valence-corrected chi connectivity index (χ2v) is 9.09. The van der Waals surface area contributed by atoms with Gasteiger partial charge in [-0.1, -0.05) is 11.8 Å². The predicted octanol–water partition coefficient (Wildman–Crippen LogP) is 1.14. The molecule has 1 fully saturated rings. The van der Waals surface area contributed by atoms with Gasteiger partial charge in [-0.2, -0.15) is 0 Å². The van der Waals surface area contributed by atoms with Crippen molar-refractivity contribution in [1.82, 2.24) is 0 Å². The van der Waals surface area contributed by atoms with Crippen molar-refractivity contribution < 1.29 is 22.6 Å². The summed E-state index contributed by atoms with van der Waals surface area (Å²) in [4.78, 5) is 6.69. The van der Waals surface area contributed by atoms with Gasteiger partial charge >= 0.3 is 0 Å². The molecule has 2 atom stereocenters. The van der Waals surface area contributed by atoms with Gasteiger partial charge in [0.2, 0.25) is 6.79 Å². The lowest BCUT2D eigenvalue weighted by molar-refractivity contribution is 0.174. The second-order valence-electron chi connectivity index (χ2n) is 5.87. The summed E-state index contributed by atoms with van der Waals surface area (Å²) in [6.45, 7) is 0.828. The van der Waals surface area contributed by atoms with E-state index in [4.69, 9.17) is 14.2 Å². The fraction of sp³-hybridized carbons (Fsp3) is 0.533. The number of hydrogen-bond acceptors (Lipinski definition) is 8. The van der Waals surface area contributed by atoms with Crippen molar-refractivity contribution in [3.05, 3.63) is 18.2 Å². The molecule has 0 amide bonds. The fourth-order valence-electron chi connectivity index (χ4n) is 3.19. The Kier molecular flexibility index (Phi) is 4.09. The van der Waals surface area contributed by atoms with E-state index in [1.807, 2.05) is 23.1 Å². The number of methoxy groups -OCH3 is 1. The van der Waals surface area contributed by atoms with Crippen LogP contribution in [0.4, 0.5) is 5.69 Å². The molecule has 0 aromatic heterocycles. The van der Waals surface area contributed by atoms with Crippen molar-refractivity contribution in [2.24, 2.45) is 4.99 Å². The van der Waals surface area contributed by atoms with Crippen LogP contribution in [-0.4, -0.2) is 63.4 Å². The maximum atomic E-state index is 12.0. The monoisotopic (exact) mass is 370 g/mol. The minimum absolute atomic E-state index is 0.118. The molecule has 7 nitrogen and oxygen atoms in total. The first-order chi connectivity index (χ1) is 11.6. The molecule has 24 heavy (non-hydrogen) atoms. The van der Waals surface area contributed by atoms with Crippen molar-refractivity contribution in [1.29, 1.82) is 0 Å². The van der Waals surface area contributed by atoms with Crippen molar-refractivity contribution in [3.63, 3.8) is 0 Å². The number of anilines is 1. The van der Waals surface area contributed by atoms with E-state index in [0.717, 1.165) is 16.6 Å². The topological polar surface area (TPSA) is 77.4 Å². The minimum atomic E-state index is -3.05. The van der Waals surface area contributed by atoms with E-state index in [1.165, 1.54) is 0 Å². The second kappa shape index (κ2) is 6.12. The Labute approximate surface area is 144 Å². The molecule has 3 heterocycles. The lowest BCUT2D eigenvalue weighted by Crippen LogP contribution is -2.39. The zero-order valence-electron chi connectivity index (χ0n) is 13.2. The molecule has 2 unspecified atom stereocenters. The van der Waals surface area contributed by atoms with E-state index < -0.39 is 9.84 Å². The fourth-order valence-corrected chi connectivity index (χ4v) is 6.05. The minimum Gasteiger partial charge on any atom is -0.454 e. The Morgan fingerprint density at radius 1 is 1.33 bits per heavy atom. The van der Waals surface area contributed by atoms with E-state index >= 15 is 0 Å². The van der Waals surface area contributed by atoms with Crippen molar-refractivity contribution in [3.8, 4) is 11.5 Å². The number of benzene rings is 1. The molecular formula is C15H18N2O5S2. The number of aliphatic imine (C=N–C) groups is 1. The number of ether oxygens (including phenoxy) is 3. The van der Waals surface area contributed by atoms with E-state index in [1.54, 1.807) is 18.9 Å². The Morgan fingerprint density at radius 2 is 2.17 bits per heavy atom. The van der Waals surface area contributed by atoms with Crippen LogP contribution in [0.15, 0.2) is 23.2 Å². The molecule has 0 spiro atoms. The van der Waals surface area contributed by atoms with Crippen LogP contribution in [0.3, 0.4) is 0 Å². The molecule has 0 aliphatic carbocycles. The van der Waals surface area contributed by atoms with Crippen LogP contribution in [0, 0.1) is 0 Å². The molecule has 1 saturated heterocycles. The largest absolute Gasteiger partial charge is 0.454 e. The van der Waals surface area contributed by atoms with Gasteiger partial charge in [-0.05, 0) is 12.1 Å². The normalized spacial score (nSPS) is 26.5. The summed E-state index contributed by atoms with van der Waals surface area (Å²) in [6.07, 6.45) is 0. The molecule has 9 heteroatoms. The molecule has 0 bridgehead atoms. The molecule has 1 aromatic carbocycles. The van der Waals surface area contributed by atoms with E-state index in [-0.39, 0.29) is 30.4 Å². The van der Waals surface area contributed by atoms with Gasteiger partial charge in [0.05, 0.1) is 30.2 Å². The zero-order valence-corrected chi connectivity index (χ0v) is 14.8. The third kappa shape index (κ3) is 2.84. The molecule has 4 rings (SSSR count). The van der Waals surface area contributed by atoms with Crippen LogP contribution in [0.5, 0.6) is 11.5 Å². The number of sulfone groups is 1. The maximum absolute atomic E-state index is 12.0. The van der Waals surface area contributed by atoms with Crippen LogP contribution in [-0.2, 0) is 14.6 Å². The van der Waals surface area contributed by atoms with Gasteiger partial charge in [-0.3, -0.25) is 4.99 Å². The Morgan fingerprint density at radius 3 is 3.00 bits per heavy atom. The first-order valence-electron chi connectivity index (χ1n) is 7.66. The van der Waals surface area contributed by atoms with Crippen LogP contribution < -0.4 is 14.4 Å². The smallest absolute Gasteiger partial charge is 0.231 e. The quantitative estimate of drug-likeness (QED) is 0.736. The lowest BCUT2D eigenvalue weighted by atomic mass is 10.1. The van der Waals surface area contributed by atoms with Gasteiger partial charge in [0.15, 0.2) is 26.5 Å². The third-order valence-electron chi connectivity index (χ3n) is 4.26. The molecule has 130 valence electrons. The summed E-state index contributed by atoms with van der Waals surface area (Å²) in [5.74, 6) is 2.40. The zero-order chi connectivity index (χ0) is 16.7. The molecule has 0 N–H and O–H groups in total. The molecular weight excluding hydrogens is 352 g/mol. The molecule has 3 aliphatic rings. The standard InChI is InChI=1S/C15H18N2O5S2/c1-20-4-5-23-15-16-11-7-24(18,19)8-12(11)17(15)10-2-3-13-14(6-10)22-9-21-13/h2-3,6,11-12H,4-5,7-9H2,1H3. The highest BCUT2D eigenvalue weighted by molar-refractivity contribution is 8.14. The molecule has 0 saturated carbocycles. The Hall–Kier alpha value is -1.45. The molecule has 0 radical (unpaired) electrons. The maximum Gasteiger partial charge on any atom is 0.231 e. The average molecular weight is 370 g/mol. The van der Waals surface area contributed by atoms with E-state index in [2.05, 4.69) is 4.99 Å². The SMILES string of the molecule is COCCSC1=NC2CS(=O)(=O)CC2N1c1ccc2c(c1)OCO2. The summed E-state index contributed by atoms with van der Waals surface area (Å²) >= 11 is 1.59. The van der Waals surface area contributed by atoms with Crippen molar-refractivity contribution >= 4 is 32.5 Å². The first kappa shape index (κ1) is 16.0. The van der Waals surface area contributed by atoms with Crippen molar-refractivity contribution in [2.75, 3.05) is 42.7 Å². The van der Waals surface area contributed by atoms with Crippen LogP contribution in [0.25, 0.3) is 0 Å². The summed E-state index contributed by atoms with van der Waals surface area (Å²) in [6, 6.07) is 5.31. The predicted molar refractivity (Wildman–Crippen MR) is 93.0 cm³/mol. The van der Waals surface area contributed by atoms with Gasteiger partial charge in [-0.15, -0.1) is 0 Å². The van der Waals surface area contributed by atoms with Gasteiger partial charge in [0.25, 0.3) is 0 Å². The molecule has 3 aliphatic heterocycles.